The van der Waals surface area contributed by atoms with Gasteiger partial charge in [0.2, 0.25) is 0 Å². The Morgan fingerprint density at radius 3 is 0.917 bits per heavy atom. The van der Waals surface area contributed by atoms with Crippen LogP contribution >= 0.6 is 0 Å². The van der Waals surface area contributed by atoms with E-state index in [4.69, 9.17) is 51.6 Å². The molecule has 14 heteroatoms. The third-order valence-electron chi connectivity index (χ3n) is 8.84. The normalized spacial score (nSPS) is 11.9. The van der Waals surface area contributed by atoms with E-state index in [1.54, 1.807) is 12.1 Å². The van der Waals surface area contributed by atoms with E-state index < -0.39 is 15.7 Å². The van der Waals surface area contributed by atoms with E-state index in [1.807, 2.05) is 61.5 Å². The lowest BCUT2D eigenvalue weighted by molar-refractivity contribution is -0.0399. The second kappa shape index (κ2) is 30.4. The molecule has 0 aliphatic carbocycles. The van der Waals surface area contributed by atoms with Crippen molar-refractivity contribution in [3.63, 3.8) is 0 Å². The average molecular weight is 855 g/mol. The summed E-state index contributed by atoms with van der Waals surface area (Å²) >= 11 is 0. The molecule has 4 rings (SSSR count). The van der Waals surface area contributed by atoms with Crippen molar-refractivity contribution >= 4 is 10.1 Å². The minimum absolute atomic E-state index is 0.0633. The topological polar surface area (TPSA) is 136 Å². The lowest BCUT2D eigenvalue weighted by atomic mass is 9.80. The van der Waals surface area contributed by atoms with Crippen molar-refractivity contribution in [3.8, 4) is 0 Å². The lowest BCUT2D eigenvalue weighted by Gasteiger charge is -2.36. The maximum atomic E-state index is 12.1. The summed E-state index contributed by atoms with van der Waals surface area (Å²) in [5.41, 5.74) is 3.39. The lowest BCUT2D eigenvalue weighted by Crippen LogP contribution is -2.34. The van der Waals surface area contributed by atoms with Crippen molar-refractivity contribution in [1.82, 2.24) is 0 Å². The van der Waals surface area contributed by atoms with Crippen molar-refractivity contribution < 1.29 is 60.0 Å². The number of hydrogen-bond acceptors (Lipinski definition) is 13. The highest BCUT2D eigenvalue weighted by atomic mass is 32.2. The van der Waals surface area contributed by atoms with Crippen LogP contribution in [0.5, 0.6) is 0 Å². The van der Waals surface area contributed by atoms with E-state index >= 15 is 0 Å². The standard InChI is InChI=1S/C46H62O13S/c1-41-17-19-45(20-18-41)60(47,48)59-40-38-57-36-34-55-32-30-53-28-26-51-24-22-49-21-23-50-25-27-52-29-31-54-33-35-56-37-39-58-46(42-11-5-2-6-12-42,43-13-7-3-8-14-43)44-15-9-4-10-16-44/h2-20H,21-40H2,1H3. The number of hydrogen-bond donors (Lipinski definition) is 0. The molecule has 0 bridgehead atoms. The van der Waals surface area contributed by atoms with Crippen LogP contribution in [0.25, 0.3) is 0 Å². The minimum atomic E-state index is -3.78. The molecule has 330 valence electrons. The van der Waals surface area contributed by atoms with Gasteiger partial charge >= 0.3 is 0 Å². The Labute approximate surface area is 356 Å². The van der Waals surface area contributed by atoms with Crippen LogP contribution in [0, 0.1) is 6.92 Å². The first-order valence-corrected chi connectivity index (χ1v) is 21.9. The van der Waals surface area contributed by atoms with Crippen molar-refractivity contribution in [2.45, 2.75) is 17.4 Å². The second-order valence-corrected chi connectivity index (χ2v) is 14.8. The van der Waals surface area contributed by atoms with Crippen LogP contribution in [0.3, 0.4) is 0 Å². The second-order valence-electron chi connectivity index (χ2n) is 13.2. The van der Waals surface area contributed by atoms with Crippen molar-refractivity contribution in [2.24, 2.45) is 0 Å². The van der Waals surface area contributed by atoms with Gasteiger partial charge in [0.25, 0.3) is 10.1 Å². The van der Waals surface area contributed by atoms with E-state index in [0.717, 1.165) is 22.3 Å². The number of aryl methyl sites for hydroxylation is 1. The van der Waals surface area contributed by atoms with E-state index in [2.05, 4.69) is 36.4 Å². The van der Waals surface area contributed by atoms with Gasteiger partial charge in [0.05, 0.1) is 137 Å². The molecule has 0 saturated carbocycles. The van der Waals surface area contributed by atoms with Gasteiger partial charge in [-0.3, -0.25) is 4.18 Å². The van der Waals surface area contributed by atoms with E-state index in [9.17, 15) is 8.42 Å². The molecule has 0 amide bonds. The first-order valence-electron chi connectivity index (χ1n) is 20.5. The molecule has 0 unspecified atom stereocenters. The largest absolute Gasteiger partial charge is 0.377 e. The highest BCUT2D eigenvalue weighted by Gasteiger charge is 2.37. The molecule has 0 fully saturated rings. The van der Waals surface area contributed by atoms with Gasteiger partial charge in [-0.05, 0) is 35.7 Å². The molecule has 0 radical (unpaired) electrons. The molecule has 0 N–H and O–H groups in total. The summed E-state index contributed by atoms with van der Waals surface area (Å²) in [5.74, 6) is 0. The Kier molecular flexibility index (Phi) is 24.9. The summed E-state index contributed by atoms with van der Waals surface area (Å²) in [5, 5.41) is 0. The molecule has 4 aromatic rings. The van der Waals surface area contributed by atoms with E-state index in [-0.39, 0.29) is 18.1 Å². The molecule has 4 aromatic carbocycles. The van der Waals surface area contributed by atoms with Crippen LogP contribution in [-0.4, -0.2) is 141 Å². The van der Waals surface area contributed by atoms with E-state index in [1.165, 1.54) is 12.1 Å². The fourth-order valence-corrected chi connectivity index (χ4v) is 6.75. The number of rotatable bonds is 36. The average Bonchev–Trinajstić information content (AvgIpc) is 3.28. The van der Waals surface area contributed by atoms with Gasteiger partial charge in [-0.25, -0.2) is 0 Å². The Morgan fingerprint density at radius 1 is 0.350 bits per heavy atom. The van der Waals surface area contributed by atoms with Crippen LogP contribution in [0.2, 0.25) is 0 Å². The fraction of sp³-hybridized carbons (Fsp3) is 0.478. The van der Waals surface area contributed by atoms with Gasteiger partial charge in [-0.1, -0.05) is 109 Å². The Bertz CT molecular complexity index is 1630. The molecule has 0 heterocycles. The fourth-order valence-electron chi connectivity index (χ4n) is 5.86. The number of ether oxygens (including phenoxy) is 10. The van der Waals surface area contributed by atoms with Gasteiger partial charge < -0.3 is 47.4 Å². The van der Waals surface area contributed by atoms with Gasteiger partial charge in [-0.2, -0.15) is 8.42 Å². The maximum Gasteiger partial charge on any atom is 0.297 e. The zero-order valence-corrected chi connectivity index (χ0v) is 35.6. The molecule has 13 nitrogen and oxygen atoms in total. The molecule has 0 atom stereocenters. The highest BCUT2D eigenvalue weighted by Crippen LogP contribution is 2.40. The quantitative estimate of drug-likeness (QED) is 0.0308. The summed E-state index contributed by atoms with van der Waals surface area (Å²) in [6, 6.07) is 37.4. The first-order chi connectivity index (χ1) is 29.5. The third kappa shape index (κ3) is 19.0. The Balaban J connectivity index is 0.864. The van der Waals surface area contributed by atoms with Crippen molar-refractivity contribution in [3.05, 3.63) is 138 Å². The molecule has 0 aliphatic heterocycles. The van der Waals surface area contributed by atoms with Crippen molar-refractivity contribution in [1.29, 1.82) is 0 Å². The summed E-state index contributed by atoms with van der Waals surface area (Å²) in [6.07, 6.45) is 0. The van der Waals surface area contributed by atoms with Gasteiger partial charge in [0.15, 0.2) is 0 Å². The van der Waals surface area contributed by atoms with Gasteiger partial charge in [-0.15, -0.1) is 0 Å². The molecule has 0 aliphatic rings. The zero-order valence-electron chi connectivity index (χ0n) is 34.8. The van der Waals surface area contributed by atoms with E-state index in [0.29, 0.717) is 119 Å². The molecular weight excluding hydrogens is 793 g/mol. The van der Waals surface area contributed by atoms with Crippen molar-refractivity contribution in [2.75, 3.05) is 132 Å². The number of benzene rings is 4. The summed E-state index contributed by atoms with van der Waals surface area (Å²) in [7, 11) is -3.78. The molecular formula is C46H62O13S. The maximum absolute atomic E-state index is 12.1. The zero-order chi connectivity index (χ0) is 42.2. The van der Waals surface area contributed by atoms with Crippen LogP contribution < -0.4 is 0 Å². The summed E-state index contributed by atoms with van der Waals surface area (Å²) in [4.78, 5) is 0.126. The SMILES string of the molecule is Cc1ccc(S(=O)(=O)OCCOCCOCCOCCOCCOCCOCCOCCOCCOCCOC(c2ccccc2)(c2ccccc2)c2ccccc2)cc1. The first kappa shape index (κ1) is 49.0. The van der Waals surface area contributed by atoms with Gasteiger partial charge in [0.1, 0.15) is 5.60 Å². The van der Waals surface area contributed by atoms with Crippen LogP contribution in [0.1, 0.15) is 22.3 Å². The molecule has 0 aromatic heterocycles. The highest BCUT2D eigenvalue weighted by molar-refractivity contribution is 7.86. The molecule has 0 spiro atoms. The Morgan fingerprint density at radius 2 is 0.617 bits per heavy atom. The third-order valence-corrected chi connectivity index (χ3v) is 10.2. The van der Waals surface area contributed by atoms with Crippen LogP contribution in [-0.2, 0) is 67.3 Å². The molecule has 60 heavy (non-hydrogen) atoms. The summed E-state index contributed by atoms with van der Waals surface area (Å²) < 4.78 is 85.9. The minimum Gasteiger partial charge on any atom is -0.377 e. The van der Waals surface area contributed by atoms with Crippen LogP contribution in [0.4, 0.5) is 0 Å². The Hall–Kier alpha value is -3.61. The predicted octanol–water partition coefficient (Wildman–Crippen LogP) is 5.86. The smallest absolute Gasteiger partial charge is 0.297 e. The summed E-state index contributed by atoms with van der Waals surface area (Å²) in [6.45, 7) is 9.96. The van der Waals surface area contributed by atoms with Crippen LogP contribution in [0.15, 0.2) is 120 Å². The van der Waals surface area contributed by atoms with Gasteiger partial charge in [0, 0.05) is 0 Å². The predicted molar refractivity (Wildman–Crippen MR) is 227 cm³/mol. The molecule has 0 saturated heterocycles. The monoisotopic (exact) mass is 854 g/mol.